The van der Waals surface area contributed by atoms with Gasteiger partial charge in [-0.1, -0.05) is 6.92 Å². The van der Waals surface area contributed by atoms with E-state index in [2.05, 4.69) is 9.97 Å². The minimum absolute atomic E-state index is 0.0818. The van der Waals surface area contributed by atoms with Crippen LogP contribution < -0.4 is 15.0 Å². The third-order valence-corrected chi connectivity index (χ3v) is 2.83. The van der Waals surface area contributed by atoms with E-state index in [1.54, 1.807) is 19.2 Å². The highest BCUT2D eigenvalue weighted by Crippen LogP contribution is 2.31. The number of aromatic amines is 1. The number of nitrogens with one attached hydrogen (secondary N) is 1. The molecular formula is C13H16N2O3. The SMILES string of the molecule is CCC(C)Oc1cc2nc[nH]c(=O)c2cc1OC. The average molecular weight is 248 g/mol. The quantitative estimate of drug-likeness (QED) is 0.900. The zero-order valence-corrected chi connectivity index (χ0v) is 10.7. The van der Waals surface area contributed by atoms with Crippen molar-refractivity contribution in [2.75, 3.05) is 7.11 Å². The van der Waals surface area contributed by atoms with E-state index in [4.69, 9.17) is 9.47 Å². The van der Waals surface area contributed by atoms with Crippen molar-refractivity contribution in [1.82, 2.24) is 9.97 Å². The lowest BCUT2D eigenvalue weighted by atomic mass is 10.2. The highest BCUT2D eigenvalue weighted by molar-refractivity contribution is 5.81. The monoisotopic (exact) mass is 248 g/mol. The molecule has 0 bridgehead atoms. The first kappa shape index (κ1) is 12.4. The highest BCUT2D eigenvalue weighted by Gasteiger charge is 2.11. The largest absolute Gasteiger partial charge is 0.493 e. The first-order chi connectivity index (χ1) is 8.65. The number of fused-ring (bicyclic) bond motifs is 1. The number of H-pyrrole nitrogens is 1. The first-order valence-electron chi connectivity index (χ1n) is 5.87. The summed E-state index contributed by atoms with van der Waals surface area (Å²) in [5.41, 5.74) is 0.409. The van der Waals surface area contributed by atoms with Crippen LogP contribution in [0.3, 0.4) is 0 Å². The summed E-state index contributed by atoms with van der Waals surface area (Å²) in [6.45, 7) is 4.02. The fraction of sp³-hybridized carbons (Fsp3) is 0.385. The Balaban J connectivity index is 2.56. The summed E-state index contributed by atoms with van der Waals surface area (Å²) in [7, 11) is 1.55. The minimum Gasteiger partial charge on any atom is -0.493 e. The van der Waals surface area contributed by atoms with Crippen LogP contribution in [-0.2, 0) is 0 Å². The molecule has 96 valence electrons. The van der Waals surface area contributed by atoms with E-state index < -0.39 is 0 Å². The van der Waals surface area contributed by atoms with Gasteiger partial charge in [0.05, 0.1) is 30.4 Å². The van der Waals surface area contributed by atoms with Crippen LogP contribution in [0, 0.1) is 0 Å². The van der Waals surface area contributed by atoms with Crippen molar-refractivity contribution in [3.63, 3.8) is 0 Å². The summed E-state index contributed by atoms with van der Waals surface area (Å²) in [5.74, 6) is 1.15. The average Bonchev–Trinajstić information content (AvgIpc) is 2.38. The van der Waals surface area contributed by atoms with Crippen LogP contribution >= 0.6 is 0 Å². The van der Waals surface area contributed by atoms with Gasteiger partial charge in [0.2, 0.25) is 0 Å². The fourth-order valence-corrected chi connectivity index (χ4v) is 1.63. The van der Waals surface area contributed by atoms with Crippen molar-refractivity contribution in [3.8, 4) is 11.5 Å². The lowest BCUT2D eigenvalue weighted by molar-refractivity contribution is 0.208. The Morgan fingerprint density at radius 2 is 2.17 bits per heavy atom. The molecule has 1 aromatic carbocycles. The van der Waals surface area contributed by atoms with E-state index >= 15 is 0 Å². The van der Waals surface area contributed by atoms with Crippen LogP contribution in [-0.4, -0.2) is 23.2 Å². The molecule has 0 aliphatic carbocycles. The number of rotatable bonds is 4. The lowest BCUT2D eigenvalue weighted by Gasteiger charge is -2.15. The van der Waals surface area contributed by atoms with Crippen LogP contribution in [0.1, 0.15) is 20.3 Å². The molecule has 1 heterocycles. The number of ether oxygens (including phenoxy) is 2. The molecule has 5 nitrogen and oxygen atoms in total. The number of methoxy groups -OCH3 is 1. The molecule has 0 radical (unpaired) electrons. The van der Waals surface area contributed by atoms with Gasteiger partial charge in [-0.2, -0.15) is 0 Å². The van der Waals surface area contributed by atoms with E-state index in [-0.39, 0.29) is 11.7 Å². The predicted octanol–water partition coefficient (Wildman–Crippen LogP) is 2.11. The Hall–Kier alpha value is -2.04. The number of hydrogen-bond donors (Lipinski definition) is 1. The maximum Gasteiger partial charge on any atom is 0.258 e. The zero-order chi connectivity index (χ0) is 13.1. The summed E-state index contributed by atoms with van der Waals surface area (Å²) in [5, 5.41) is 0.492. The van der Waals surface area contributed by atoms with Gasteiger partial charge in [0.15, 0.2) is 11.5 Å². The molecule has 1 unspecified atom stereocenters. The van der Waals surface area contributed by atoms with Gasteiger partial charge < -0.3 is 14.5 Å². The molecule has 0 aliphatic rings. The van der Waals surface area contributed by atoms with E-state index in [9.17, 15) is 4.79 Å². The third kappa shape index (κ3) is 2.30. The summed E-state index contributed by atoms with van der Waals surface area (Å²) in [4.78, 5) is 18.3. The smallest absolute Gasteiger partial charge is 0.258 e. The van der Waals surface area contributed by atoms with Crippen molar-refractivity contribution in [2.45, 2.75) is 26.4 Å². The zero-order valence-electron chi connectivity index (χ0n) is 10.7. The molecule has 0 saturated heterocycles. The van der Waals surface area contributed by atoms with Gasteiger partial charge in [-0.05, 0) is 19.4 Å². The first-order valence-corrected chi connectivity index (χ1v) is 5.87. The highest BCUT2D eigenvalue weighted by atomic mass is 16.5. The second-order valence-electron chi connectivity index (χ2n) is 4.09. The second-order valence-corrected chi connectivity index (χ2v) is 4.09. The molecule has 5 heteroatoms. The van der Waals surface area contributed by atoms with Gasteiger partial charge in [-0.25, -0.2) is 4.98 Å². The van der Waals surface area contributed by atoms with Crippen LogP contribution in [0.5, 0.6) is 11.5 Å². The number of nitrogens with zero attached hydrogens (tertiary/aromatic N) is 1. The van der Waals surface area contributed by atoms with Crippen molar-refractivity contribution in [1.29, 1.82) is 0 Å². The minimum atomic E-state index is -0.187. The molecule has 0 spiro atoms. The van der Waals surface area contributed by atoms with Crippen molar-refractivity contribution in [3.05, 3.63) is 28.8 Å². The van der Waals surface area contributed by atoms with E-state index in [1.807, 2.05) is 13.8 Å². The fourth-order valence-electron chi connectivity index (χ4n) is 1.63. The normalized spacial score (nSPS) is 12.4. The molecule has 0 amide bonds. The molecular weight excluding hydrogens is 232 g/mol. The van der Waals surface area contributed by atoms with Gasteiger partial charge in [0.25, 0.3) is 5.56 Å². The number of aromatic nitrogens is 2. The summed E-state index contributed by atoms with van der Waals surface area (Å²) >= 11 is 0. The van der Waals surface area contributed by atoms with Crippen LogP contribution in [0.25, 0.3) is 10.9 Å². The Morgan fingerprint density at radius 3 is 2.83 bits per heavy atom. The summed E-state index contributed by atoms with van der Waals surface area (Å²) < 4.78 is 11.0. The molecule has 0 saturated carbocycles. The topological polar surface area (TPSA) is 64.2 Å². The third-order valence-electron chi connectivity index (χ3n) is 2.83. The van der Waals surface area contributed by atoms with E-state index in [0.717, 1.165) is 6.42 Å². The standard InChI is InChI=1S/C13H16N2O3/c1-4-8(2)18-12-6-10-9(5-11(12)17-3)13(16)15-7-14-10/h5-8H,4H2,1-3H3,(H,14,15,16). The Kier molecular flexibility index (Phi) is 3.50. The lowest BCUT2D eigenvalue weighted by Crippen LogP contribution is -2.12. The summed E-state index contributed by atoms with van der Waals surface area (Å²) in [6, 6.07) is 3.38. The van der Waals surface area contributed by atoms with Crippen molar-refractivity contribution < 1.29 is 9.47 Å². The maximum absolute atomic E-state index is 11.6. The Labute approximate surface area is 105 Å². The molecule has 1 N–H and O–H groups in total. The summed E-state index contributed by atoms with van der Waals surface area (Å²) in [6.07, 6.45) is 2.35. The van der Waals surface area contributed by atoms with E-state index in [0.29, 0.717) is 22.4 Å². The molecule has 2 aromatic rings. The predicted molar refractivity (Wildman–Crippen MR) is 69.3 cm³/mol. The van der Waals surface area contributed by atoms with Gasteiger partial charge in [0.1, 0.15) is 0 Å². The van der Waals surface area contributed by atoms with Crippen molar-refractivity contribution >= 4 is 10.9 Å². The maximum atomic E-state index is 11.6. The Bertz CT molecular complexity index is 607. The number of hydrogen-bond acceptors (Lipinski definition) is 4. The molecule has 2 rings (SSSR count). The van der Waals surface area contributed by atoms with Gasteiger partial charge in [-0.3, -0.25) is 4.79 Å². The molecule has 0 fully saturated rings. The van der Waals surface area contributed by atoms with Crippen LogP contribution in [0.4, 0.5) is 0 Å². The van der Waals surface area contributed by atoms with E-state index in [1.165, 1.54) is 6.33 Å². The van der Waals surface area contributed by atoms with Crippen LogP contribution in [0.15, 0.2) is 23.3 Å². The molecule has 18 heavy (non-hydrogen) atoms. The number of benzene rings is 1. The van der Waals surface area contributed by atoms with Crippen molar-refractivity contribution in [2.24, 2.45) is 0 Å². The van der Waals surface area contributed by atoms with Gasteiger partial charge in [-0.15, -0.1) is 0 Å². The molecule has 1 aromatic heterocycles. The molecule has 1 atom stereocenters. The van der Waals surface area contributed by atoms with Gasteiger partial charge in [0, 0.05) is 6.07 Å². The van der Waals surface area contributed by atoms with Crippen LogP contribution in [0.2, 0.25) is 0 Å². The second kappa shape index (κ2) is 5.08. The molecule has 0 aliphatic heterocycles. The van der Waals surface area contributed by atoms with Gasteiger partial charge >= 0.3 is 0 Å². The Morgan fingerprint density at radius 1 is 1.39 bits per heavy atom.